The maximum absolute atomic E-state index is 12.7. The number of rotatable bonds is 3. The van der Waals surface area contributed by atoms with Gasteiger partial charge >= 0.3 is 0 Å². The van der Waals surface area contributed by atoms with Gasteiger partial charge in [-0.2, -0.15) is 5.10 Å². The number of fused-ring (bicyclic) bond motifs is 1. The Morgan fingerprint density at radius 3 is 2.77 bits per heavy atom. The molecule has 0 unspecified atom stereocenters. The highest BCUT2D eigenvalue weighted by Gasteiger charge is 2.16. The Balaban J connectivity index is 1.65. The summed E-state index contributed by atoms with van der Waals surface area (Å²) in [5.74, 6) is -0.232. The van der Waals surface area contributed by atoms with Gasteiger partial charge in [-0.1, -0.05) is 12.1 Å². The number of thiazole rings is 1. The van der Waals surface area contributed by atoms with E-state index in [-0.39, 0.29) is 5.91 Å². The molecular weight excluding hydrogens is 346 g/mol. The Bertz CT molecular complexity index is 1130. The molecule has 1 amide bonds. The molecule has 0 radical (unpaired) electrons. The minimum absolute atomic E-state index is 0.232. The molecule has 0 saturated heterocycles. The number of aryl methyl sites for hydroxylation is 3. The van der Waals surface area contributed by atoms with E-state index in [4.69, 9.17) is 0 Å². The second kappa shape index (κ2) is 6.34. The van der Waals surface area contributed by atoms with Gasteiger partial charge in [0.25, 0.3) is 5.91 Å². The van der Waals surface area contributed by atoms with Gasteiger partial charge < -0.3 is 5.32 Å². The summed E-state index contributed by atoms with van der Waals surface area (Å²) >= 11 is 1.60. The van der Waals surface area contributed by atoms with Gasteiger partial charge in [0, 0.05) is 28.0 Å². The number of hydrogen-bond donors (Lipinski definition) is 1. The highest BCUT2D eigenvalue weighted by Crippen LogP contribution is 2.24. The van der Waals surface area contributed by atoms with Crippen molar-refractivity contribution in [1.29, 1.82) is 0 Å². The first kappa shape index (κ1) is 16.4. The molecule has 3 heterocycles. The lowest BCUT2D eigenvalue weighted by Gasteiger charge is -2.06. The summed E-state index contributed by atoms with van der Waals surface area (Å²) in [5.41, 5.74) is 5.39. The largest absolute Gasteiger partial charge is 0.322 e. The zero-order valence-corrected chi connectivity index (χ0v) is 15.5. The Morgan fingerprint density at radius 1 is 1.15 bits per heavy atom. The molecule has 3 aromatic heterocycles. The lowest BCUT2D eigenvalue weighted by molar-refractivity contribution is 0.102. The first-order valence-corrected chi connectivity index (χ1v) is 9.05. The van der Waals surface area contributed by atoms with Crippen molar-refractivity contribution in [2.45, 2.75) is 20.8 Å². The zero-order valence-electron chi connectivity index (χ0n) is 14.6. The SMILES string of the molecule is Cc1cc(C)n2ncc(C(=O)Nc3cccc(-c4csc(C)n4)c3)c2n1. The van der Waals surface area contributed by atoms with Gasteiger partial charge in [-0.3, -0.25) is 4.79 Å². The van der Waals surface area contributed by atoms with E-state index in [1.807, 2.05) is 56.5 Å². The molecule has 0 atom stereocenters. The van der Waals surface area contributed by atoms with E-state index >= 15 is 0 Å². The number of hydrogen-bond acceptors (Lipinski definition) is 5. The van der Waals surface area contributed by atoms with E-state index < -0.39 is 0 Å². The Hall–Kier alpha value is -3.06. The zero-order chi connectivity index (χ0) is 18.3. The molecule has 1 N–H and O–H groups in total. The number of benzene rings is 1. The van der Waals surface area contributed by atoms with Gasteiger partial charge in [0.1, 0.15) is 5.56 Å². The average Bonchev–Trinajstić information content (AvgIpc) is 3.21. The fourth-order valence-electron chi connectivity index (χ4n) is 2.88. The molecule has 0 saturated carbocycles. The second-order valence-electron chi connectivity index (χ2n) is 6.12. The van der Waals surface area contributed by atoms with Crippen LogP contribution >= 0.6 is 11.3 Å². The molecule has 26 heavy (non-hydrogen) atoms. The van der Waals surface area contributed by atoms with Gasteiger partial charge in [0.2, 0.25) is 0 Å². The third kappa shape index (κ3) is 2.97. The Morgan fingerprint density at radius 2 is 2.00 bits per heavy atom. The van der Waals surface area contributed by atoms with Gasteiger partial charge in [-0.15, -0.1) is 11.3 Å². The molecule has 0 spiro atoms. The summed E-state index contributed by atoms with van der Waals surface area (Å²) in [4.78, 5) is 21.7. The molecule has 0 bridgehead atoms. The molecule has 4 aromatic rings. The maximum atomic E-state index is 12.7. The standard InChI is InChI=1S/C19H17N5OS/c1-11-7-12(2)24-18(21-11)16(9-20-24)19(25)23-15-6-4-5-14(8-15)17-10-26-13(3)22-17/h4-10H,1-3H3,(H,23,25). The minimum Gasteiger partial charge on any atom is -0.322 e. The number of anilines is 1. The number of nitrogens with one attached hydrogen (secondary N) is 1. The van der Waals surface area contributed by atoms with Crippen molar-refractivity contribution >= 4 is 28.6 Å². The Kier molecular flexibility index (Phi) is 4.00. The molecule has 1 aromatic carbocycles. The van der Waals surface area contributed by atoms with Crippen molar-refractivity contribution in [1.82, 2.24) is 19.6 Å². The van der Waals surface area contributed by atoms with Crippen LogP contribution in [-0.2, 0) is 0 Å². The van der Waals surface area contributed by atoms with Crippen molar-refractivity contribution < 1.29 is 4.79 Å². The van der Waals surface area contributed by atoms with Gasteiger partial charge in [-0.25, -0.2) is 14.5 Å². The first-order valence-electron chi connectivity index (χ1n) is 8.17. The molecule has 0 aliphatic rings. The number of nitrogens with zero attached hydrogens (tertiary/aromatic N) is 4. The summed E-state index contributed by atoms with van der Waals surface area (Å²) in [5, 5.41) is 10.2. The molecule has 0 aliphatic carbocycles. The van der Waals surface area contributed by atoms with Gasteiger partial charge in [0.05, 0.1) is 16.9 Å². The number of aromatic nitrogens is 4. The van der Waals surface area contributed by atoms with Crippen LogP contribution in [0.2, 0.25) is 0 Å². The summed E-state index contributed by atoms with van der Waals surface area (Å²) in [6.45, 7) is 5.82. The third-order valence-corrected chi connectivity index (χ3v) is 4.83. The predicted octanol–water partition coefficient (Wildman–Crippen LogP) is 4.03. The fraction of sp³-hybridized carbons (Fsp3) is 0.158. The topological polar surface area (TPSA) is 72.2 Å². The lowest BCUT2D eigenvalue weighted by atomic mass is 10.1. The molecule has 7 heteroatoms. The lowest BCUT2D eigenvalue weighted by Crippen LogP contribution is -2.12. The Labute approximate surface area is 154 Å². The molecular formula is C19H17N5OS. The van der Waals surface area contributed by atoms with Crippen LogP contribution < -0.4 is 5.32 Å². The smallest absolute Gasteiger partial charge is 0.261 e. The normalized spacial score (nSPS) is 11.0. The van der Waals surface area contributed by atoms with Crippen LogP contribution in [0.15, 0.2) is 41.9 Å². The number of amides is 1. The van der Waals surface area contributed by atoms with Crippen LogP contribution in [0.3, 0.4) is 0 Å². The van der Waals surface area contributed by atoms with Crippen LogP contribution in [-0.4, -0.2) is 25.5 Å². The van der Waals surface area contributed by atoms with Crippen molar-refractivity contribution in [3.8, 4) is 11.3 Å². The van der Waals surface area contributed by atoms with Crippen molar-refractivity contribution in [2.24, 2.45) is 0 Å². The highest BCUT2D eigenvalue weighted by molar-refractivity contribution is 7.09. The van der Waals surface area contributed by atoms with E-state index in [1.54, 1.807) is 22.0 Å². The van der Waals surface area contributed by atoms with E-state index in [0.29, 0.717) is 16.9 Å². The summed E-state index contributed by atoms with van der Waals surface area (Å²) < 4.78 is 1.68. The van der Waals surface area contributed by atoms with Crippen molar-refractivity contribution in [3.63, 3.8) is 0 Å². The van der Waals surface area contributed by atoms with E-state index in [0.717, 1.165) is 27.7 Å². The third-order valence-electron chi connectivity index (χ3n) is 4.06. The summed E-state index contributed by atoms with van der Waals surface area (Å²) in [6.07, 6.45) is 1.55. The molecule has 0 fully saturated rings. The number of carbonyl (C=O) groups excluding carboxylic acids is 1. The molecule has 130 valence electrons. The van der Waals surface area contributed by atoms with Crippen LogP contribution in [0.25, 0.3) is 16.9 Å². The van der Waals surface area contributed by atoms with Crippen LogP contribution in [0, 0.1) is 20.8 Å². The highest BCUT2D eigenvalue weighted by atomic mass is 32.1. The monoisotopic (exact) mass is 363 g/mol. The predicted molar refractivity (Wildman–Crippen MR) is 103 cm³/mol. The van der Waals surface area contributed by atoms with Crippen molar-refractivity contribution in [2.75, 3.05) is 5.32 Å². The summed E-state index contributed by atoms with van der Waals surface area (Å²) in [7, 11) is 0. The maximum Gasteiger partial charge on any atom is 0.261 e. The van der Waals surface area contributed by atoms with Crippen LogP contribution in [0.4, 0.5) is 5.69 Å². The molecule has 0 aliphatic heterocycles. The minimum atomic E-state index is -0.232. The second-order valence-corrected chi connectivity index (χ2v) is 7.18. The summed E-state index contributed by atoms with van der Waals surface area (Å²) in [6, 6.07) is 9.59. The average molecular weight is 363 g/mol. The first-order chi connectivity index (χ1) is 12.5. The van der Waals surface area contributed by atoms with Gasteiger partial charge in [-0.05, 0) is 39.0 Å². The van der Waals surface area contributed by atoms with E-state index in [1.165, 1.54) is 0 Å². The molecule has 6 nitrogen and oxygen atoms in total. The van der Waals surface area contributed by atoms with E-state index in [9.17, 15) is 4.79 Å². The van der Waals surface area contributed by atoms with Crippen LogP contribution in [0.5, 0.6) is 0 Å². The quantitative estimate of drug-likeness (QED) is 0.596. The molecule has 4 rings (SSSR count). The van der Waals surface area contributed by atoms with E-state index in [2.05, 4.69) is 20.4 Å². The fourth-order valence-corrected chi connectivity index (χ4v) is 3.50. The van der Waals surface area contributed by atoms with Gasteiger partial charge in [0.15, 0.2) is 5.65 Å². The number of carbonyl (C=O) groups is 1. The van der Waals surface area contributed by atoms with Crippen molar-refractivity contribution in [3.05, 3.63) is 63.9 Å². The van der Waals surface area contributed by atoms with Crippen LogP contribution in [0.1, 0.15) is 26.8 Å².